The van der Waals surface area contributed by atoms with E-state index >= 15 is 0 Å². The van der Waals surface area contributed by atoms with Gasteiger partial charge in [0.25, 0.3) is 0 Å². The van der Waals surface area contributed by atoms with Crippen LogP contribution in [0.25, 0.3) is 0 Å². The van der Waals surface area contributed by atoms with E-state index in [1.54, 1.807) is 48.5 Å². The van der Waals surface area contributed by atoms with E-state index in [-0.39, 0.29) is 5.91 Å². The van der Waals surface area contributed by atoms with Crippen molar-refractivity contribution in [3.63, 3.8) is 0 Å². The Hall–Kier alpha value is -2.82. The van der Waals surface area contributed by atoms with Crippen LogP contribution < -0.4 is 14.8 Å². The Balaban J connectivity index is 1.82. The number of hydrogen-bond acceptors (Lipinski definition) is 4. The molecule has 2 aromatic carbocycles. The number of unbranched alkanes of at least 4 members (excludes halogenated alkanes) is 4. The summed E-state index contributed by atoms with van der Waals surface area (Å²) in [6.07, 6.45) is 6.86. The van der Waals surface area contributed by atoms with Gasteiger partial charge in [0.05, 0.1) is 12.2 Å². The highest BCUT2D eigenvalue weighted by molar-refractivity contribution is 5.93. The molecule has 0 spiro atoms. The van der Waals surface area contributed by atoms with Crippen LogP contribution in [0.4, 0.5) is 5.69 Å². The SMILES string of the molecule is CCCCCOc1ccc(OC(=O)c2ccc(NC(=O)CCCCC)cc2)cc1. The van der Waals surface area contributed by atoms with Crippen LogP contribution in [0.1, 0.15) is 69.2 Å². The van der Waals surface area contributed by atoms with Crippen molar-refractivity contribution in [3.8, 4) is 11.5 Å². The highest BCUT2D eigenvalue weighted by Crippen LogP contribution is 2.20. The molecule has 29 heavy (non-hydrogen) atoms. The fourth-order valence-electron chi connectivity index (χ4n) is 2.76. The average Bonchev–Trinajstić information content (AvgIpc) is 2.73. The van der Waals surface area contributed by atoms with Gasteiger partial charge in [-0.05, 0) is 61.4 Å². The minimum Gasteiger partial charge on any atom is -0.494 e. The lowest BCUT2D eigenvalue weighted by molar-refractivity contribution is -0.116. The van der Waals surface area contributed by atoms with Crippen molar-refractivity contribution in [3.05, 3.63) is 54.1 Å². The molecule has 1 N–H and O–H groups in total. The first-order chi connectivity index (χ1) is 14.1. The quantitative estimate of drug-likeness (QED) is 0.271. The third-order valence-electron chi connectivity index (χ3n) is 4.46. The maximum absolute atomic E-state index is 12.3. The van der Waals surface area contributed by atoms with Gasteiger partial charge in [0.2, 0.25) is 5.91 Å². The summed E-state index contributed by atoms with van der Waals surface area (Å²) in [4.78, 5) is 24.2. The second kappa shape index (κ2) is 12.6. The molecule has 0 aliphatic carbocycles. The molecule has 5 nitrogen and oxygen atoms in total. The third kappa shape index (κ3) is 8.38. The van der Waals surface area contributed by atoms with Crippen LogP contribution >= 0.6 is 0 Å². The zero-order valence-electron chi connectivity index (χ0n) is 17.4. The van der Waals surface area contributed by atoms with Gasteiger partial charge < -0.3 is 14.8 Å². The molecular weight excluding hydrogens is 366 g/mol. The molecule has 0 bridgehead atoms. The summed E-state index contributed by atoms with van der Waals surface area (Å²) in [7, 11) is 0. The molecule has 2 aromatic rings. The summed E-state index contributed by atoms with van der Waals surface area (Å²) >= 11 is 0. The van der Waals surface area contributed by atoms with Crippen LogP contribution in [-0.2, 0) is 4.79 Å². The van der Waals surface area contributed by atoms with E-state index in [1.165, 1.54) is 0 Å². The van der Waals surface area contributed by atoms with E-state index in [4.69, 9.17) is 9.47 Å². The number of nitrogens with one attached hydrogen (secondary N) is 1. The van der Waals surface area contributed by atoms with Gasteiger partial charge in [-0.25, -0.2) is 4.79 Å². The largest absolute Gasteiger partial charge is 0.494 e. The highest BCUT2D eigenvalue weighted by Gasteiger charge is 2.10. The molecule has 0 saturated heterocycles. The standard InChI is InChI=1S/C24H31NO4/c1-3-5-7-9-23(26)25-20-12-10-19(11-13-20)24(27)29-22-16-14-21(15-17-22)28-18-8-6-4-2/h10-17H,3-9,18H2,1-2H3,(H,25,26). The second-order valence-electron chi connectivity index (χ2n) is 7.00. The summed E-state index contributed by atoms with van der Waals surface area (Å²) < 4.78 is 11.1. The van der Waals surface area contributed by atoms with Gasteiger partial charge in [-0.1, -0.05) is 39.5 Å². The Morgan fingerprint density at radius 3 is 2.07 bits per heavy atom. The normalized spacial score (nSPS) is 10.4. The molecule has 0 heterocycles. The Kier molecular flexibility index (Phi) is 9.76. The summed E-state index contributed by atoms with van der Waals surface area (Å²) in [6, 6.07) is 13.8. The van der Waals surface area contributed by atoms with Crippen molar-refractivity contribution < 1.29 is 19.1 Å². The fourth-order valence-corrected chi connectivity index (χ4v) is 2.76. The van der Waals surface area contributed by atoms with Gasteiger partial charge in [0.15, 0.2) is 0 Å². The summed E-state index contributed by atoms with van der Waals surface area (Å²) in [6.45, 7) is 4.95. The predicted molar refractivity (Wildman–Crippen MR) is 116 cm³/mol. The molecule has 0 aliphatic rings. The number of anilines is 1. The van der Waals surface area contributed by atoms with E-state index in [2.05, 4.69) is 19.2 Å². The van der Waals surface area contributed by atoms with Gasteiger partial charge in [-0.15, -0.1) is 0 Å². The van der Waals surface area contributed by atoms with E-state index in [1.807, 2.05) is 0 Å². The monoisotopic (exact) mass is 397 g/mol. The Labute approximate surface area is 173 Å². The molecule has 2 rings (SSSR count). The van der Waals surface area contributed by atoms with Gasteiger partial charge in [-0.3, -0.25) is 4.79 Å². The molecule has 1 amide bonds. The first kappa shape index (κ1) is 22.5. The molecule has 156 valence electrons. The number of hydrogen-bond donors (Lipinski definition) is 1. The smallest absolute Gasteiger partial charge is 0.343 e. The van der Waals surface area contributed by atoms with Crippen molar-refractivity contribution in [2.75, 3.05) is 11.9 Å². The first-order valence-corrected chi connectivity index (χ1v) is 10.5. The number of rotatable bonds is 12. The van der Waals surface area contributed by atoms with Crippen molar-refractivity contribution in [2.24, 2.45) is 0 Å². The maximum Gasteiger partial charge on any atom is 0.343 e. The Bertz CT molecular complexity index is 753. The van der Waals surface area contributed by atoms with Crippen LogP contribution in [0.2, 0.25) is 0 Å². The predicted octanol–water partition coefficient (Wildman–Crippen LogP) is 5.99. The lowest BCUT2D eigenvalue weighted by atomic mass is 10.2. The third-order valence-corrected chi connectivity index (χ3v) is 4.46. The molecule has 5 heteroatoms. The lowest BCUT2D eigenvalue weighted by Gasteiger charge is -2.08. The summed E-state index contributed by atoms with van der Waals surface area (Å²) in [5.74, 6) is 0.775. The molecule has 0 unspecified atom stereocenters. The van der Waals surface area contributed by atoms with Crippen LogP contribution in [0.5, 0.6) is 11.5 Å². The second-order valence-corrected chi connectivity index (χ2v) is 7.00. The zero-order chi connectivity index (χ0) is 20.9. The molecule has 0 fully saturated rings. The van der Waals surface area contributed by atoms with Gasteiger partial charge in [0, 0.05) is 12.1 Å². The van der Waals surface area contributed by atoms with Gasteiger partial charge in [0.1, 0.15) is 11.5 Å². The zero-order valence-corrected chi connectivity index (χ0v) is 17.4. The molecular formula is C24H31NO4. The molecule has 0 radical (unpaired) electrons. The maximum atomic E-state index is 12.3. The van der Waals surface area contributed by atoms with E-state index in [0.717, 1.165) is 44.3 Å². The molecule has 0 saturated carbocycles. The summed E-state index contributed by atoms with van der Waals surface area (Å²) in [5.41, 5.74) is 1.10. The number of esters is 1. The van der Waals surface area contributed by atoms with Gasteiger partial charge in [-0.2, -0.15) is 0 Å². The van der Waals surface area contributed by atoms with Crippen LogP contribution in [-0.4, -0.2) is 18.5 Å². The van der Waals surface area contributed by atoms with Crippen LogP contribution in [0.15, 0.2) is 48.5 Å². The Morgan fingerprint density at radius 1 is 0.793 bits per heavy atom. The van der Waals surface area contributed by atoms with Crippen molar-refractivity contribution >= 4 is 17.6 Å². The topological polar surface area (TPSA) is 64.6 Å². The minimum absolute atomic E-state index is 0.00854. The molecule has 0 atom stereocenters. The van der Waals surface area contributed by atoms with Gasteiger partial charge >= 0.3 is 5.97 Å². The fraction of sp³-hybridized carbons (Fsp3) is 0.417. The molecule has 0 aliphatic heterocycles. The number of benzene rings is 2. The number of amides is 1. The summed E-state index contributed by atoms with van der Waals surface area (Å²) in [5, 5.41) is 2.84. The first-order valence-electron chi connectivity index (χ1n) is 10.5. The lowest BCUT2D eigenvalue weighted by Crippen LogP contribution is -2.12. The van der Waals surface area contributed by atoms with Crippen LogP contribution in [0, 0.1) is 0 Å². The minimum atomic E-state index is -0.442. The van der Waals surface area contributed by atoms with Crippen molar-refractivity contribution in [1.29, 1.82) is 0 Å². The number of carbonyl (C=O) groups excluding carboxylic acids is 2. The molecule has 0 aromatic heterocycles. The van der Waals surface area contributed by atoms with Crippen LogP contribution in [0.3, 0.4) is 0 Å². The average molecular weight is 398 g/mol. The van der Waals surface area contributed by atoms with Crippen molar-refractivity contribution in [2.45, 2.75) is 58.8 Å². The Morgan fingerprint density at radius 2 is 1.41 bits per heavy atom. The number of ether oxygens (including phenoxy) is 2. The number of carbonyl (C=O) groups is 2. The van der Waals surface area contributed by atoms with E-state index in [0.29, 0.717) is 30.0 Å². The van der Waals surface area contributed by atoms with Crippen molar-refractivity contribution in [1.82, 2.24) is 0 Å². The van der Waals surface area contributed by atoms with E-state index in [9.17, 15) is 9.59 Å². The van der Waals surface area contributed by atoms with E-state index < -0.39 is 5.97 Å². The highest BCUT2D eigenvalue weighted by atomic mass is 16.5.